The van der Waals surface area contributed by atoms with Gasteiger partial charge in [0.2, 0.25) is 15.9 Å². The van der Waals surface area contributed by atoms with Crippen molar-refractivity contribution in [3.8, 4) is 5.75 Å². The predicted octanol–water partition coefficient (Wildman–Crippen LogP) is 5.01. The number of sulfonamides is 1. The number of amides is 1. The Morgan fingerprint density at radius 2 is 1.78 bits per heavy atom. The van der Waals surface area contributed by atoms with Crippen molar-refractivity contribution in [1.82, 2.24) is 29.5 Å². The van der Waals surface area contributed by atoms with Crippen LogP contribution in [0.1, 0.15) is 74.6 Å². The van der Waals surface area contributed by atoms with Crippen molar-refractivity contribution in [1.29, 1.82) is 0 Å². The number of carbonyl (C=O) groups excluding carboxylic acids is 1. The number of halogens is 3. The van der Waals surface area contributed by atoms with E-state index in [2.05, 4.69) is 20.5 Å². The highest BCUT2D eigenvalue weighted by molar-refractivity contribution is 7.89. The lowest BCUT2D eigenvalue weighted by atomic mass is 9.83. The summed E-state index contributed by atoms with van der Waals surface area (Å²) in [7, 11) is -4.64. The van der Waals surface area contributed by atoms with E-state index in [-0.39, 0.29) is 31.9 Å². The van der Waals surface area contributed by atoms with Gasteiger partial charge < -0.3 is 19.7 Å². The molecule has 1 N–H and O–H groups in total. The highest BCUT2D eigenvalue weighted by atomic mass is 32.2. The SMILES string of the molecule is O=C1NC2(CCOc3ccc(C(F)(F)F)cc3S(=O)(=O)N3C[C@H](OCc4cn(Cc5ccccc5)nn4)C[C@@H]13)CCN(CC1CCCCC1)CC2. The summed E-state index contributed by atoms with van der Waals surface area (Å²) in [6, 6.07) is 11.1. The molecule has 3 aromatic rings. The Kier molecular flexibility index (Phi) is 10.4. The summed E-state index contributed by atoms with van der Waals surface area (Å²) in [6.45, 7) is 2.93. The van der Waals surface area contributed by atoms with Crippen molar-refractivity contribution in [3.05, 3.63) is 71.5 Å². The average Bonchev–Trinajstić information content (AvgIpc) is 3.76. The third-order valence-electron chi connectivity index (χ3n) is 10.9. The monoisotopic (exact) mass is 730 g/mol. The largest absolute Gasteiger partial charge is 0.492 e. The van der Waals surface area contributed by atoms with Crippen molar-refractivity contribution in [2.45, 2.75) is 99.7 Å². The number of ether oxygens (including phenoxy) is 2. The van der Waals surface area contributed by atoms with Crippen LogP contribution in [0, 0.1) is 5.92 Å². The molecule has 2 saturated heterocycles. The molecule has 1 amide bonds. The summed E-state index contributed by atoms with van der Waals surface area (Å²) in [5.74, 6) is 0.0361. The topological polar surface area (TPSA) is 119 Å². The number of nitrogens with one attached hydrogen (secondary N) is 1. The molecule has 1 aromatic heterocycles. The summed E-state index contributed by atoms with van der Waals surface area (Å²) >= 11 is 0. The first-order chi connectivity index (χ1) is 24.5. The van der Waals surface area contributed by atoms with Gasteiger partial charge in [-0.1, -0.05) is 54.8 Å². The van der Waals surface area contributed by atoms with Gasteiger partial charge in [0.05, 0.1) is 37.6 Å². The molecule has 0 bridgehead atoms. The van der Waals surface area contributed by atoms with Crippen LogP contribution < -0.4 is 10.1 Å². The standard InChI is InChI=1S/C36H45F3N6O5S/c37-36(38,39)28-11-12-32-33(19-28)51(47,48)45-24-30(50-25-29-23-44(42-41-29)22-27-9-5-2-6-10-27)20-31(45)34(46)40-35(15-18-49-32)13-16-43(17-14-35)21-26-7-3-1-4-8-26/h2,5-6,9-12,19,23,26,30-31H,1,3-4,7-8,13-18,20-22,24-25H2,(H,40,46)/t30-,31+/m1/s1. The van der Waals surface area contributed by atoms with Gasteiger partial charge >= 0.3 is 6.18 Å². The molecular formula is C36H45F3N6O5S. The molecule has 4 aliphatic rings. The van der Waals surface area contributed by atoms with Crippen LogP contribution in [0.4, 0.5) is 13.2 Å². The number of aromatic nitrogens is 3. The number of benzene rings is 2. The predicted molar refractivity (Wildman–Crippen MR) is 181 cm³/mol. The van der Waals surface area contributed by atoms with E-state index in [0.29, 0.717) is 43.5 Å². The first-order valence-corrected chi connectivity index (χ1v) is 19.4. The minimum atomic E-state index is -4.78. The number of likely N-dealkylation sites (tertiary alicyclic amines) is 1. The van der Waals surface area contributed by atoms with E-state index >= 15 is 0 Å². The van der Waals surface area contributed by atoms with Crippen LogP contribution in [0.5, 0.6) is 5.75 Å². The summed E-state index contributed by atoms with van der Waals surface area (Å²) in [5.41, 5.74) is -0.201. The molecule has 1 aliphatic carbocycles. The Morgan fingerprint density at radius 3 is 2.53 bits per heavy atom. The zero-order chi connectivity index (χ0) is 35.6. The summed E-state index contributed by atoms with van der Waals surface area (Å²) < 4.78 is 84.8. The van der Waals surface area contributed by atoms with Crippen LogP contribution in [0.2, 0.25) is 0 Å². The van der Waals surface area contributed by atoms with Gasteiger partial charge in [0.1, 0.15) is 22.4 Å². The Hall–Kier alpha value is -3.53. The summed E-state index contributed by atoms with van der Waals surface area (Å²) in [6.07, 6.45) is 4.28. The number of alkyl halides is 3. The Bertz CT molecular complexity index is 1770. The molecule has 15 heteroatoms. The molecule has 3 fully saturated rings. The summed E-state index contributed by atoms with van der Waals surface area (Å²) in [5, 5.41) is 11.6. The van der Waals surface area contributed by atoms with Gasteiger partial charge in [-0.25, -0.2) is 13.1 Å². The lowest BCUT2D eigenvalue weighted by Gasteiger charge is -2.44. The van der Waals surface area contributed by atoms with Crippen LogP contribution in [0.15, 0.2) is 59.6 Å². The van der Waals surface area contributed by atoms with Crippen molar-refractivity contribution in [2.75, 3.05) is 32.8 Å². The second-order valence-corrected chi connectivity index (χ2v) is 16.3. The normalized spacial score (nSPS) is 24.6. The van der Waals surface area contributed by atoms with Gasteiger partial charge in [-0.2, -0.15) is 17.5 Å². The molecule has 51 heavy (non-hydrogen) atoms. The minimum Gasteiger partial charge on any atom is -0.492 e. The van der Waals surface area contributed by atoms with Crippen LogP contribution >= 0.6 is 0 Å². The number of hydrogen-bond acceptors (Lipinski definition) is 8. The first kappa shape index (κ1) is 35.9. The molecule has 0 radical (unpaired) electrons. The van der Waals surface area contributed by atoms with Gasteiger partial charge in [-0.15, -0.1) is 5.10 Å². The van der Waals surface area contributed by atoms with E-state index in [9.17, 15) is 26.4 Å². The number of rotatable bonds is 7. The Labute approximate surface area is 296 Å². The lowest BCUT2D eigenvalue weighted by Crippen LogP contribution is -2.59. The van der Waals surface area contributed by atoms with E-state index in [0.717, 1.165) is 41.6 Å². The van der Waals surface area contributed by atoms with Crippen molar-refractivity contribution in [2.24, 2.45) is 5.92 Å². The number of hydrogen-bond donors (Lipinski definition) is 1. The van der Waals surface area contributed by atoms with Crippen LogP contribution in [-0.4, -0.2) is 89.0 Å². The fourth-order valence-corrected chi connectivity index (χ4v) is 9.81. The van der Waals surface area contributed by atoms with E-state index in [1.165, 1.54) is 32.1 Å². The van der Waals surface area contributed by atoms with Crippen molar-refractivity contribution >= 4 is 15.9 Å². The molecule has 276 valence electrons. The highest BCUT2D eigenvalue weighted by Gasteiger charge is 2.48. The maximum absolute atomic E-state index is 14.3. The smallest absolute Gasteiger partial charge is 0.416 e. The average molecular weight is 731 g/mol. The molecule has 2 atom stereocenters. The minimum absolute atomic E-state index is 0.0143. The molecule has 1 spiro atoms. The second-order valence-electron chi connectivity index (χ2n) is 14.5. The summed E-state index contributed by atoms with van der Waals surface area (Å²) in [4.78, 5) is 16.0. The van der Waals surface area contributed by atoms with Gasteiger partial charge in [0, 0.05) is 44.6 Å². The molecule has 2 aromatic carbocycles. The number of piperidine rings is 1. The van der Waals surface area contributed by atoms with E-state index in [1.54, 1.807) is 10.9 Å². The van der Waals surface area contributed by atoms with E-state index in [4.69, 9.17) is 9.47 Å². The number of nitrogens with zero attached hydrogens (tertiary/aromatic N) is 5. The van der Waals surface area contributed by atoms with Crippen LogP contribution in [0.25, 0.3) is 0 Å². The van der Waals surface area contributed by atoms with Crippen LogP contribution in [-0.2, 0) is 38.9 Å². The maximum atomic E-state index is 14.3. The lowest BCUT2D eigenvalue weighted by molar-refractivity contribution is -0.137. The van der Waals surface area contributed by atoms with E-state index < -0.39 is 50.3 Å². The third-order valence-corrected chi connectivity index (χ3v) is 12.8. The molecule has 0 unspecified atom stereocenters. The highest BCUT2D eigenvalue weighted by Crippen LogP contribution is 2.39. The van der Waals surface area contributed by atoms with E-state index in [1.807, 2.05) is 30.3 Å². The molecular weight excluding hydrogens is 685 g/mol. The van der Waals surface area contributed by atoms with Crippen molar-refractivity contribution < 1.29 is 35.9 Å². The molecule has 7 rings (SSSR count). The number of carbonyl (C=O) groups is 1. The molecule has 3 aliphatic heterocycles. The fourth-order valence-electron chi connectivity index (χ4n) is 8.02. The van der Waals surface area contributed by atoms with Gasteiger partial charge in [-0.05, 0) is 55.4 Å². The van der Waals surface area contributed by atoms with Crippen molar-refractivity contribution in [3.63, 3.8) is 0 Å². The quantitative estimate of drug-likeness (QED) is 0.361. The van der Waals surface area contributed by atoms with Gasteiger partial charge in [0.25, 0.3) is 0 Å². The van der Waals surface area contributed by atoms with Crippen LogP contribution in [0.3, 0.4) is 0 Å². The fraction of sp³-hybridized carbons (Fsp3) is 0.583. The second kappa shape index (κ2) is 14.8. The third kappa shape index (κ3) is 8.26. The molecule has 11 nitrogen and oxygen atoms in total. The maximum Gasteiger partial charge on any atom is 0.416 e. The van der Waals surface area contributed by atoms with Gasteiger partial charge in [0.15, 0.2) is 0 Å². The molecule has 4 heterocycles. The Morgan fingerprint density at radius 1 is 1.02 bits per heavy atom. The first-order valence-electron chi connectivity index (χ1n) is 17.9. The van der Waals surface area contributed by atoms with Gasteiger partial charge in [-0.3, -0.25) is 4.79 Å². The Balaban J connectivity index is 1.11. The zero-order valence-electron chi connectivity index (χ0n) is 28.6. The number of fused-ring (bicyclic) bond motifs is 2. The zero-order valence-corrected chi connectivity index (χ0v) is 29.4. The molecule has 1 saturated carbocycles.